The number of carboxylic acid groups (broad SMARTS) is 1. The zero-order valence-electron chi connectivity index (χ0n) is 12.3. The molecule has 1 amide bonds. The van der Waals surface area contributed by atoms with Crippen LogP contribution in [-0.4, -0.2) is 48.1 Å². The minimum absolute atomic E-state index is 0.00407. The van der Waals surface area contributed by atoms with Crippen molar-refractivity contribution in [2.24, 2.45) is 17.8 Å². The van der Waals surface area contributed by atoms with Crippen LogP contribution in [0.4, 0.5) is 0 Å². The van der Waals surface area contributed by atoms with Crippen molar-refractivity contribution < 1.29 is 14.7 Å². The summed E-state index contributed by atoms with van der Waals surface area (Å²) in [7, 11) is 0. The van der Waals surface area contributed by atoms with Gasteiger partial charge >= 0.3 is 5.97 Å². The van der Waals surface area contributed by atoms with Gasteiger partial charge in [-0.2, -0.15) is 0 Å². The van der Waals surface area contributed by atoms with E-state index in [2.05, 4.69) is 12.2 Å². The maximum Gasteiger partial charge on any atom is 0.317 e. The molecule has 0 aromatic carbocycles. The van der Waals surface area contributed by atoms with Gasteiger partial charge in [0.15, 0.2) is 0 Å². The average Bonchev–Trinajstić information content (AvgIpc) is 2.84. The van der Waals surface area contributed by atoms with E-state index in [1.807, 2.05) is 4.90 Å². The van der Waals surface area contributed by atoms with Crippen molar-refractivity contribution in [1.29, 1.82) is 0 Å². The van der Waals surface area contributed by atoms with Gasteiger partial charge in [-0.3, -0.25) is 9.59 Å². The molecule has 0 radical (unpaired) electrons. The Morgan fingerprint density at radius 3 is 2.70 bits per heavy atom. The summed E-state index contributed by atoms with van der Waals surface area (Å²) in [6.45, 7) is 4.54. The van der Waals surface area contributed by atoms with E-state index >= 15 is 0 Å². The molecular weight excluding hydrogens is 256 g/mol. The Morgan fingerprint density at radius 1 is 1.25 bits per heavy atom. The van der Waals surface area contributed by atoms with Gasteiger partial charge in [-0.15, -0.1) is 0 Å². The Balaban J connectivity index is 1.80. The first kappa shape index (κ1) is 15.3. The molecule has 2 N–H and O–H groups in total. The molecule has 20 heavy (non-hydrogen) atoms. The number of carbonyl (C=O) groups is 2. The third-order valence-electron chi connectivity index (χ3n) is 4.72. The Hall–Kier alpha value is -1.10. The zero-order chi connectivity index (χ0) is 14.5. The monoisotopic (exact) mass is 282 g/mol. The molecule has 0 aromatic rings. The molecule has 3 atom stereocenters. The van der Waals surface area contributed by atoms with E-state index in [0.29, 0.717) is 24.3 Å². The summed E-state index contributed by atoms with van der Waals surface area (Å²) >= 11 is 0. The van der Waals surface area contributed by atoms with E-state index in [4.69, 9.17) is 5.11 Å². The van der Waals surface area contributed by atoms with Gasteiger partial charge in [-0.25, -0.2) is 0 Å². The van der Waals surface area contributed by atoms with Crippen LogP contribution in [0.2, 0.25) is 0 Å². The van der Waals surface area contributed by atoms with Crippen molar-refractivity contribution in [3.63, 3.8) is 0 Å². The van der Waals surface area contributed by atoms with Crippen molar-refractivity contribution in [1.82, 2.24) is 10.2 Å². The summed E-state index contributed by atoms with van der Waals surface area (Å²) in [5.41, 5.74) is 0. The number of hydrogen-bond donors (Lipinski definition) is 2. The van der Waals surface area contributed by atoms with Crippen LogP contribution >= 0.6 is 0 Å². The predicted molar refractivity (Wildman–Crippen MR) is 76.3 cm³/mol. The number of rotatable bonds is 5. The third-order valence-corrected chi connectivity index (χ3v) is 4.72. The second kappa shape index (κ2) is 7.07. The molecular formula is C15H26N2O3. The van der Waals surface area contributed by atoms with Gasteiger partial charge in [0.05, 0.1) is 6.54 Å². The highest BCUT2D eigenvalue weighted by Gasteiger charge is 2.34. The number of piperidine rings is 1. The Labute approximate surface area is 120 Å². The minimum Gasteiger partial charge on any atom is -0.480 e. The standard InChI is InChI=1S/C15H26N2O3/c1-11-4-2-6-13(11)15(20)17-7-3-5-12(10-17)8-16-9-14(18)19/h11-13,16H,2-10H2,1H3,(H,18,19). The summed E-state index contributed by atoms with van der Waals surface area (Å²) in [4.78, 5) is 25.1. The summed E-state index contributed by atoms with van der Waals surface area (Å²) in [5, 5.41) is 11.6. The van der Waals surface area contributed by atoms with E-state index in [1.54, 1.807) is 0 Å². The minimum atomic E-state index is -0.825. The number of amides is 1. The molecule has 2 aliphatic rings. The van der Waals surface area contributed by atoms with Crippen LogP contribution in [0.15, 0.2) is 0 Å². The topological polar surface area (TPSA) is 69.6 Å². The highest BCUT2D eigenvalue weighted by Crippen LogP contribution is 2.33. The van der Waals surface area contributed by atoms with Gasteiger partial charge in [0.2, 0.25) is 5.91 Å². The fraction of sp³-hybridized carbons (Fsp3) is 0.867. The van der Waals surface area contributed by atoms with E-state index in [0.717, 1.165) is 32.4 Å². The number of nitrogens with one attached hydrogen (secondary N) is 1. The highest BCUT2D eigenvalue weighted by atomic mass is 16.4. The van der Waals surface area contributed by atoms with Gasteiger partial charge in [-0.1, -0.05) is 13.3 Å². The van der Waals surface area contributed by atoms with E-state index in [1.165, 1.54) is 12.8 Å². The second-order valence-electron chi connectivity index (χ2n) is 6.33. The number of likely N-dealkylation sites (tertiary alicyclic amines) is 1. The van der Waals surface area contributed by atoms with Gasteiger partial charge < -0.3 is 15.3 Å². The number of hydrogen-bond acceptors (Lipinski definition) is 3. The van der Waals surface area contributed by atoms with Gasteiger partial charge in [0, 0.05) is 25.6 Å². The quantitative estimate of drug-likeness (QED) is 0.798. The predicted octanol–water partition coefficient (Wildman–Crippen LogP) is 1.34. The maximum atomic E-state index is 12.5. The first-order valence-corrected chi connectivity index (χ1v) is 7.79. The van der Waals surface area contributed by atoms with Crippen LogP contribution in [0.25, 0.3) is 0 Å². The van der Waals surface area contributed by atoms with Crippen molar-refractivity contribution in [2.45, 2.75) is 39.0 Å². The molecule has 1 heterocycles. The molecule has 0 spiro atoms. The Morgan fingerprint density at radius 2 is 2.05 bits per heavy atom. The lowest BCUT2D eigenvalue weighted by Gasteiger charge is -2.35. The van der Waals surface area contributed by atoms with Crippen molar-refractivity contribution in [3.8, 4) is 0 Å². The lowest BCUT2D eigenvalue weighted by atomic mass is 9.93. The van der Waals surface area contributed by atoms with Crippen molar-refractivity contribution in [3.05, 3.63) is 0 Å². The molecule has 2 rings (SSSR count). The molecule has 5 heteroatoms. The smallest absolute Gasteiger partial charge is 0.317 e. The third kappa shape index (κ3) is 3.95. The van der Waals surface area contributed by atoms with Crippen LogP contribution in [0.5, 0.6) is 0 Å². The molecule has 1 aliphatic carbocycles. The van der Waals surface area contributed by atoms with Gasteiger partial charge in [0.25, 0.3) is 0 Å². The Kier molecular flexibility index (Phi) is 5.40. The number of carbonyl (C=O) groups excluding carboxylic acids is 1. The van der Waals surface area contributed by atoms with E-state index < -0.39 is 5.97 Å². The molecule has 1 saturated heterocycles. The molecule has 1 saturated carbocycles. The largest absolute Gasteiger partial charge is 0.480 e. The van der Waals surface area contributed by atoms with Crippen molar-refractivity contribution in [2.75, 3.05) is 26.2 Å². The van der Waals surface area contributed by atoms with Crippen LogP contribution < -0.4 is 5.32 Å². The molecule has 1 aliphatic heterocycles. The fourth-order valence-corrected chi connectivity index (χ4v) is 3.56. The molecule has 5 nitrogen and oxygen atoms in total. The fourth-order valence-electron chi connectivity index (χ4n) is 3.56. The maximum absolute atomic E-state index is 12.5. The Bertz CT molecular complexity index is 359. The number of carboxylic acids is 1. The molecule has 2 fully saturated rings. The summed E-state index contributed by atoms with van der Waals surface area (Å²) in [6.07, 6.45) is 5.50. The second-order valence-corrected chi connectivity index (χ2v) is 6.33. The SMILES string of the molecule is CC1CCCC1C(=O)N1CCCC(CNCC(=O)O)C1. The first-order valence-electron chi connectivity index (χ1n) is 7.79. The van der Waals surface area contributed by atoms with Crippen LogP contribution in [0.1, 0.15) is 39.0 Å². The lowest BCUT2D eigenvalue weighted by molar-refractivity contribution is -0.139. The van der Waals surface area contributed by atoms with E-state index in [-0.39, 0.29) is 12.5 Å². The van der Waals surface area contributed by atoms with Gasteiger partial charge in [0.1, 0.15) is 0 Å². The molecule has 0 aromatic heterocycles. The summed E-state index contributed by atoms with van der Waals surface area (Å²) in [5.74, 6) is 0.643. The summed E-state index contributed by atoms with van der Waals surface area (Å²) < 4.78 is 0. The number of aliphatic carboxylic acids is 1. The summed E-state index contributed by atoms with van der Waals surface area (Å²) in [6, 6.07) is 0. The molecule has 3 unspecified atom stereocenters. The zero-order valence-corrected chi connectivity index (χ0v) is 12.3. The van der Waals surface area contributed by atoms with Crippen LogP contribution in [0.3, 0.4) is 0 Å². The van der Waals surface area contributed by atoms with E-state index in [9.17, 15) is 9.59 Å². The molecule has 0 bridgehead atoms. The normalized spacial score (nSPS) is 30.4. The number of nitrogens with zero attached hydrogens (tertiary/aromatic N) is 1. The lowest BCUT2D eigenvalue weighted by Crippen LogP contribution is -2.46. The average molecular weight is 282 g/mol. The highest BCUT2D eigenvalue weighted by molar-refractivity contribution is 5.79. The van der Waals surface area contributed by atoms with Crippen molar-refractivity contribution >= 4 is 11.9 Å². The van der Waals surface area contributed by atoms with Crippen LogP contribution in [-0.2, 0) is 9.59 Å². The molecule has 114 valence electrons. The first-order chi connectivity index (χ1) is 9.58. The van der Waals surface area contributed by atoms with Crippen LogP contribution in [0, 0.1) is 17.8 Å². The van der Waals surface area contributed by atoms with Gasteiger partial charge in [-0.05, 0) is 37.5 Å².